The van der Waals surface area contributed by atoms with Gasteiger partial charge in [0.25, 0.3) is 11.8 Å². The average Bonchev–Trinajstić information content (AvgIpc) is 2.96. The zero-order valence-corrected chi connectivity index (χ0v) is 23.9. The summed E-state index contributed by atoms with van der Waals surface area (Å²) in [5.74, 6) is 1.34. The van der Waals surface area contributed by atoms with E-state index in [0.29, 0.717) is 30.2 Å². The molecule has 212 valence electrons. The van der Waals surface area contributed by atoms with Gasteiger partial charge < -0.3 is 24.2 Å². The molecule has 2 aromatic rings. The van der Waals surface area contributed by atoms with Crippen molar-refractivity contribution < 1.29 is 19.1 Å². The summed E-state index contributed by atoms with van der Waals surface area (Å²) in [4.78, 5) is 33.1. The third-order valence-corrected chi connectivity index (χ3v) is 7.98. The fraction of sp³-hybridized carbons (Fsp3) is 0.562. The number of rotatable bonds is 5. The van der Waals surface area contributed by atoms with Crippen LogP contribution < -0.4 is 14.4 Å². The third kappa shape index (κ3) is 7.68. The standard InChI is InChI=1S/C32H45N3O4/c1-4-34-21-12-6-5-7-13-22-35(31(36)24-38-26-16-14-15-25(23-26)33(2)3)28-18-9-11-20-30(28)39-29-19-10-8-17-27(29)32(34)37/h8,10,14-17,19,23,28,30H,4-7,9,11-13,18,20-22,24H2,1-3H3/t28-,30+/m1/s1. The van der Waals surface area contributed by atoms with E-state index < -0.39 is 0 Å². The number of para-hydroxylation sites is 1. The van der Waals surface area contributed by atoms with Crippen molar-refractivity contribution in [3.63, 3.8) is 0 Å². The molecule has 39 heavy (non-hydrogen) atoms. The third-order valence-electron chi connectivity index (χ3n) is 7.98. The number of amides is 2. The van der Waals surface area contributed by atoms with E-state index in [0.717, 1.165) is 70.0 Å². The van der Waals surface area contributed by atoms with Crippen molar-refractivity contribution in [2.45, 2.75) is 76.9 Å². The first-order chi connectivity index (χ1) is 19.0. The van der Waals surface area contributed by atoms with Crippen LogP contribution in [0.1, 0.15) is 75.1 Å². The van der Waals surface area contributed by atoms with Crippen LogP contribution >= 0.6 is 0 Å². The molecular weight excluding hydrogens is 490 g/mol. The SMILES string of the molecule is CCN1CCCCCCCN(C(=O)COc2cccc(N(C)C)c2)[C@@H]2CCCC[C@@H]2Oc2ccccc2C1=O. The number of fused-ring (bicyclic) bond motifs is 2. The maximum atomic E-state index is 13.7. The zero-order chi connectivity index (χ0) is 27.6. The summed E-state index contributed by atoms with van der Waals surface area (Å²) in [7, 11) is 3.98. The van der Waals surface area contributed by atoms with Crippen LogP contribution in [-0.2, 0) is 4.79 Å². The summed E-state index contributed by atoms with van der Waals surface area (Å²) >= 11 is 0. The Hall–Kier alpha value is -3.22. The molecule has 0 unspecified atom stereocenters. The number of carbonyl (C=O) groups is 2. The first kappa shape index (κ1) is 28.8. The number of hydrogen-bond donors (Lipinski definition) is 0. The van der Waals surface area contributed by atoms with E-state index in [1.54, 1.807) is 0 Å². The van der Waals surface area contributed by atoms with Gasteiger partial charge in [-0.1, -0.05) is 43.9 Å². The van der Waals surface area contributed by atoms with Crippen LogP contribution in [0.5, 0.6) is 11.5 Å². The van der Waals surface area contributed by atoms with E-state index in [1.165, 1.54) is 0 Å². The van der Waals surface area contributed by atoms with Crippen molar-refractivity contribution in [3.05, 3.63) is 54.1 Å². The van der Waals surface area contributed by atoms with E-state index in [1.807, 2.05) is 84.2 Å². The van der Waals surface area contributed by atoms with Gasteiger partial charge in [0.2, 0.25) is 0 Å². The van der Waals surface area contributed by atoms with Crippen molar-refractivity contribution in [2.24, 2.45) is 0 Å². The molecule has 1 saturated carbocycles. The molecule has 0 spiro atoms. The topological polar surface area (TPSA) is 62.3 Å². The second-order valence-corrected chi connectivity index (χ2v) is 10.9. The predicted molar refractivity (Wildman–Crippen MR) is 156 cm³/mol. The van der Waals surface area contributed by atoms with Crippen molar-refractivity contribution in [1.82, 2.24) is 9.80 Å². The molecule has 1 fully saturated rings. The lowest BCUT2D eigenvalue weighted by atomic mass is 9.90. The highest BCUT2D eigenvalue weighted by atomic mass is 16.5. The molecule has 0 bridgehead atoms. The summed E-state index contributed by atoms with van der Waals surface area (Å²) in [5.41, 5.74) is 1.64. The summed E-state index contributed by atoms with van der Waals surface area (Å²) < 4.78 is 12.6. The van der Waals surface area contributed by atoms with E-state index in [9.17, 15) is 9.59 Å². The van der Waals surface area contributed by atoms with Crippen LogP contribution in [0.25, 0.3) is 0 Å². The number of carbonyl (C=O) groups excluding carboxylic acids is 2. The molecule has 7 heteroatoms. The molecular formula is C32H45N3O4. The minimum atomic E-state index is -0.158. The Morgan fingerprint density at radius 2 is 1.69 bits per heavy atom. The zero-order valence-electron chi connectivity index (χ0n) is 23.9. The monoisotopic (exact) mass is 535 g/mol. The van der Waals surface area contributed by atoms with Gasteiger partial charge in [-0.05, 0) is 63.3 Å². The molecule has 0 radical (unpaired) electrons. The van der Waals surface area contributed by atoms with Gasteiger partial charge in [0.05, 0.1) is 11.6 Å². The van der Waals surface area contributed by atoms with Crippen LogP contribution in [0.4, 0.5) is 5.69 Å². The molecule has 2 amide bonds. The van der Waals surface area contributed by atoms with Crippen LogP contribution in [-0.4, -0.2) is 74.1 Å². The predicted octanol–water partition coefficient (Wildman–Crippen LogP) is 5.78. The number of benzene rings is 2. The second kappa shape index (κ2) is 14.2. The Morgan fingerprint density at radius 3 is 2.49 bits per heavy atom. The van der Waals surface area contributed by atoms with E-state index >= 15 is 0 Å². The quantitative estimate of drug-likeness (QED) is 0.486. The number of ether oxygens (including phenoxy) is 2. The number of anilines is 1. The molecule has 2 atom stereocenters. The van der Waals surface area contributed by atoms with E-state index in [-0.39, 0.29) is 30.6 Å². The Balaban J connectivity index is 1.56. The average molecular weight is 536 g/mol. The number of hydrogen-bond acceptors (Lipinski definition) is 5. The van der Waals surface area contributed by atoms with Gasteiger partial charge in [0, 0.05) is 45.5 Å². The highest BCUT2D eigenvalue weighted by molar-refractivity contribution is 5.97. The fourth-order valence-electron chi connectivity index (χ4n) is 5.72. The Morgan fingerprint density at radius 1 is 0.949 bits per heavy atom. The van der Waals surface area contributed by atoms with Crippen LogP contribution in [0.15, 0.2) is 48.5 Å². The lowest BCUT2D eigenvalue weighted by molar-refractivity contribution is -0.139. The molecule has 1 aliphatic carbocycles. The number of nitrogens with zero attached hydrogens (tertiary/aromatic N) is 3. The Bertz CT molecular complexity index is 1090. The smallest absolute Gasteiger partial charge is 0.260 e. The van der Waals surface area contributed by atoms with Gasteiger partial charge in [-0.3, -0.25) is 9.59 Å². The highest BCUT2D eigenvalue weighted by Gasteiger charge is 2.35. The normalized spacial score (nSPS) is 21.1. The first-order valence-electron chi connectivity index (χ1n) is 14.7. The molecule has 0 aromatic heterocycles. The van der Waals surface area contributed by atoms with Crippen LogP contribution in [0, 0.1) is 0 Å². The first-order valence-corrected chi connectivity index (χ1v) is 14.7. The summed E-state index contributed by atoms with van der Waals surface area (Å²) in [6.45, 7) is 4.17. The minimum Gasteiger partial charge on any atom is -0.487 e. The maximum absolute atomic E-state index is 13.7. The molecule has 2 aromatic carbocycles. The minimum absolute atomic E-state index is 0.000630. The second-order valence-electron chi connectivity index (χ2n) is 10.9. The van der Waals surface area contributed by atoms with Gasteiger partial charge in [0.1, 0.15) is 17.6 Å². The van der Waals surface area contributed by atoms with Gasteiger partial charge >= 0.3 is 0 Å². The van der Waals surface area contributed by atoms with Crippen molar-refractivity contribution in [3.8, 4) is 11.5 Å². The molecule has 1 aliphatic heterocycles. The molecule has 0 saturated heterocycles. The van der Waals surface area contributed by atoms with Gasteiger partial charge in [-0.25, -0.2) is 0 Å². The summed E-state index contributed by atoms with van der Waals surface area (Å²) in [5, 5.41) is 0. The van der Waals surface area contributed by atoms with Crippen molar-refractivity contribution >= 4 is 17.5 Å². The molecule has 0 N–H and O–H groups in total. The lowest BCUT2D eigenvalue weighted by Gasteiger charge is -2.40. The summed E-state index contributed by atoms with van der Waals surface area (Å²) in [6.07, 6.45) is 8.88. The largest absolute Gasteiger partial charge is 0.487 e. The Labute approximate surface area is 234 Å². The van der Waals surface area contributed by atoms with Crippen LogP contribution in [0.2, 0.25) is 0 Å². The highest BCUT2D eigenvalue weighted by Crippen LogP contribution is 2.31. The molecule has 2 aliphatic rings. The maximum Gasteiger partial charge on any atom is 0.260 e. The van der Waals surface area contributed by atoms with Gasteiger partial charge in [0.15, 0.2) is 6.61 Å². The fourth-order valence-corrected chi connectivity index (χ4v) is 5.72. The molecule has 1 heterocycles. The van der Waals surface area contributed by atoms with E-state index in [2.05, 4.69) is 0 Å². The lowest BCUT2D eigenvalue weighted by Crippen LogP contribution is -2.52. The van der Waals surface area contributed by atoms with Gasteiger partial charge in [-0.2, -0.15) is 0 Å². The van der Waals surface area contributed by atoms with Crippen molar-refractivity contribution in [1.29, 1.82) is 0 Å². The van der Waals surface area contributed by atoms with E-state index in [4.69, 9.17) is 9.47 Å². The van der Waals surface area contributed by atoms with Crippen LogP contribution in [0.3, 0.4) is 0 Å². The van der Waals surface area contributed by atoms with Crippen molar-refractivity contribution in [2.75, 3.05) is 45.2 Å². The Kier molecular flexibility index (Phi) is 10.5. The summed E-state index contributed by atoms with van der Waals surface area (Å²) in [6, 6.07) is 15.4. The van der Waals surface area contributed by atoms with Gasteiger partial charge in [-0.15, -0.1) is 0 Å². The molecule has 4 rings (SSSR count). The molecule has 7 nitrogen and oxygen atoms in total.